The summed E-state index contributed by atoms with van der Waals surface area (Å²) in [5.74, 6) is -0.201. The Kier molecular flexibility index (Phi) is 4.49. The first-order valence-corrected chi connectivity index (χ1v) is 7.80. The number of amides is 1. The Morgan fingerprint density at radius 2 is 2.29 bits per heavy atom. The molecule has 4 N–H and O–H groups in total. The molecule has 2 aromatic rings. The molecule has 0 aliphatic carbocycles. The fourth-order valence-corrected chi connectivity index (χ4v) is 3.31. The third-order valence-corrected chi connectivity index (χ3v) is 5.01. The number of hydrogen-bond acceptors (Lipinski definition) is 5. The van der Waals surface area contributed by atoms with E-state index in [1.165, 1.54) is 11.3 Å². The lowest BCUT2D eigenvalue weighted by atomic mass is 9.95. The van der Waals surface area contributed by atoms with Crippen LogP contribution in [0.3, 0.4) is 0 Å². The molecule has 1 unspecified atom stereocenters. The van der Waals surface area contributed by atoms with Gasteiger partial charge in [0.2, 0.25) is 0 Å². The lowest BCUT2D eigenvalue weighted by Gasteiger charge is -2.28. The molecule has 0 radical (unpaired) electrons. The van der Waals surface area contributed by atoms with Crippen LogP contribution in [-0.2, 0) is 0 Å². The number of pyridine rings is 1. The molecule has 5 nitrogen and oxygen atoms in total. The summed E-state index contributed by atoms with van der Waals surface area (Å²) in [6.45, 7) is 5.90. The molecule has 2 aromatic heterocycles. The number of nitrogens with one attached hydrogen (secondary N) is 1. The Labute approximate surface area is 128 Å². The van der Waals surface area contributed by atoms with Crippen LogP contribution in [-0.4, -0.2) is 28.1 Å². The van der Waals surface area contributed by atoms with Gasteiger partial charge in [-0.1, -0.05) is 6.92 Å². The van der Waals surface area contributed by atoms with Crippen LogP contribution in [0.4, 0.5) is 5.69 Å². The maximum absolute atomic E-state index is 12.5. The molecule has 0 spiro atoms. The Morgan fingerprint density at radius 1 is 1.57 bits per heavy atom. The third-order valence-electron chi connectivity index (χ3n) is 3.90. The summed E-state index contributed by atoms with van der Waals surface area (Å²) in [7, 11) is 0. The fraction of sp³-hybridized carbons (Fsp3) is 0.467. The number of carbonyl (C=O) groups is 1. The number of aliphatic hydroxyl groups excluding tert-OH is 1. The minimum Gasteiger partial charge on any atom is -0.397 e. The van der Waals surface area contributed by atoms with Crippen molar-refractivity contribution >= 4 is 33.1 Å². The van der Waals surface area contributed by atoms with Crippen molar-refractivity contribution in [3.63, 3.8) is 0 Å². The van der Waals surface area contributed by atoms with Gasteiger partial charge < -0.3 is 16.2 Å². The number of nitrogens with zero attached hydrogens (tertiary/aromatic N) is 1. The number of thiophene rings is 1. The quantitative estimate of drug-likeness (QED) is 0.791. The van der Waals surface area contributed by atoms with Crippen molar-refractivity contribution in [3.8, 4) is 0 Å². The molecule has 21 heavy (non-hydrogen) atoms. The molecule has 2 rings (SSSR count). The van der Waals surface area contributed by atoms with Gasteiger partial charge >= 0.3 is 0 Å². The summed E-state index contributed by atoms with van der Waals surface area (Å²) in [4.78, 5) is 18.0. The number of aliphatic hydroxyl groups is 1. The smallest absolute Gasteiger partial charge is 0.263 e. The molecular formula is C15H21N3O2S. The molecule has 0 aromatic carbocycles. The Balaban J connectivity index is 2.36. The number of aryl methyl sites for hydroxylation is 1. The topological polar surface area (TPSA) is 88.2 Å². The number of aromatic nitrogens is 1. The predicted octanol–water partition coefficient (Wildman–Crippen LogP) is 2.47. The van der Waals surface area contributed by atoms with Gasteiger partial charge in [0.25, 0.3) is 5.91 Å². The summed E-state index contributed by atoms with van der Waals surface area (Å²) in [5.41, 5.74) is 7.20. The number of nitrogens with two attached hydrogens (primary N) is 1. The van der Waals surface area contributed by atoms with Crippen LogP contribution in [0.1, 0.15) is 41.9 Å². The molecule has 0 saturated carbocycles. The van der Waals surface area contributed by atoms with Crippen LogP contribution in [0.2, 0.25) is 0 Å². The molecular weight excluding hydrogens is 286 g/mol. The van der Waals surface area contributed by atoms with Crippen molar-refractivity contribution in [3.05, 3.63) is 22.7 Å². The number of rotatable bonds is 5. The van der Waals surface area contributed by atoms with Crippen molar-refractivity contribution in [2.75, 3.05) is 12.3 Å². The van der Waals surface area contributed by atoms with Crippen LogP contribution in [0.15, 0.2) is 12.3 Å². The van der Waals surface area contributed by atoms with E-state index in [4.69, 9.17) is 10.8 Å². The van der Waals surface area contributed by atoms with Crippen molar-refractivity contribution in [2.24, 2.45) is 0 Å². The maximum Gasteiger partial charge on any atom is 0.263 e. The van der Waals surface area contributed by atoms with Gasteiger partial charge in [0.1, 0.15) is 9.71 Å². The average Bonchev–Trinajstić information content (AvgIpc) is 2.78. The molecule has 1 atom stereocenters. The van der Waals surface area contributed by atoms with Gasteiger partial charge in [-0.25, -0.2) is 4.98 Å². The first kappa shape index (κ1) is 15.7. The van der Waals surface area contributed by atoms with E-state index in [0.29, 0.717) is 17.0 Å². The Bertz CT molecular complexity index is 668. The zero-order valence-corrected chi connectivity index (χ0v) is 13.4. The van der Waals surface area contributed by atoms with E-state index < -0.39 is 5.54 Å². The van der Waals surface area contributed by atoms with E-state index in [9.17, 15) is 4.79 Å². The minimum absolute atomic E-state index is 0.0349. The van der Waals surface area contributed by atoms with E-state index in [-0.39, 0.29) is 12.5 Å². The summed E-state index contributed by atoms with van der Waals surface area (Å²) in [6.07, 6.45) is 2.97. The highest BCUT2D eigenvalue weighted by Crippen LogP contribution is 2.34. The second-order valence-electron chi connectivity index (χ2n) is 5.49. The van der Waals surface area contributed by atoms with E-state index in [2.05, 4.69) is 10.3 Å². The second kappa shape index (κ2) is 5.99. The summed E-state index contributed by atoms with van der Waals surface area (Å²) < 4.78 is 0. The molecule has 0 bridgehead atoms. The third kappa shape index (κ3) is 3.01. The lowest BCUT2D eigenvalue weighted by Crippen LogP contribution is -2.46. The zero-order chi connectivity index (χ0) is 15.6. The molecule has 0 saturated heterocycles. The highest BCUT2D eigenvalue weighted by Gasteiger charge is 2.27. The number of carbonyl (C=O) groups excluding carboxylic acids is 1. The molecule has 114 valence electrons. The highest BCUT2D eigenvalue weighted by atomic mass is 32.1. The number of fused-ring (bicyclic) bond motifs is 1. The van der Waals surface area contributed by atoms with Crippen molar-refractivity contribution < 1.29 is 9.90 Å². The van der Waals surface area contributed by atoms with Crippen molar-refractivity contribution in [2.45, 2.75) is 39.2 Å². The molecule has 0 fully saturated rings. The van der Waals surface area contributed by atoms with Gasteiger partial charge in [0, 0.05) is 23.7 Å². The van der Waals surface area contributed by atoms with Crippen LogP contribution in [0.5, 0.6) is 0 Å². The van der Waals surface area contributed by atoms with Crippen LogP contribution in [0, 0.1) is 6.92 Å². The van der Waals surface area contributed by atoms with E-state index >= 15 is 0 Å². The van der Waals surface area contributed by atoms with E-state index in [1.807, 2.05) is 26.8 Å². The van der Waals surface area contributed by atoms with Gasteiger partial charge in [0.05, 0.1) is 5.69 Å². The maximum atomic E-state index is 12.5. The first-order valence-electron chi connectivity index (χ1n) is 6.99. The Morgan fingerprint density at radius 3 is 2.86 bits per heavy atom. The zero-order valence-electron chi connectivity index (χ0n) is 12.6. The first-order chi connectivity index (χ1) is 9.91. The number of hydrogen-bond donors (Lipinski definition) is 3. The van der Waals surface area contributed by atoms with Crippen LogP contribution >= 0.6 is 11.3 Å². The highest BCUT2D eigenvalue weighted by molar-refractivity contribution is 7.21. The lowest BCUT2D eigenvalue weighted by molar-refractivity contribution is 0.0891. The van der Waals surface area contributed by atoms with Crippen LogP contribution in [0.25, 0.3) is 10.2 Å². The molecule has 6 heteroatoms. The number of nitrogen functional groups attached to an aromatic ring is 1. The van der Waals surface area contributed by atoms with Crippen molar-refractivity contribution in [1.29, 1.82) is 0 Å². The fourth-order valence-electron chi connectivity index (χ4n) is 2.28. The normalized spacial score (nSPS) is 14.1. The average molecular weight is 307 g/mol. The van der Waals surface area contributed by atoms with Crippen molar-refractivity contribution in [1.82, 2.24) is 10.3 Å². The van der Waals surface area contributed by atoms with Gasteiger partial charge in [-0.2, -0.15) is 0 Å². The SMILES string of the molecule is CCC(C)(CCO)NC(=O)c1sc2nccc(C)c2c1N. The monoisotopic (exact) mass is 307 g/mol. The van der Waals surface area contributed by atoms with Gasteiger partial charge in [-0.15, -0.1) is 11.3 Å². The molecule has 0 aliphatic rings. The summed E-state index contributed by atoms with van der Waals surface area (Å²) >= 11 is 1.30. The van der Waals surface area contributed by atoms with Gasteiger partial charge in [-0.05, 0) is 38.3 Å². The summed E-state index contributed by atoms with van der Waals surface area (Å²) in [5, 5.41) is 13.0. The van der Waals surface area contributed by atoms with E-state index in [1.54, 1.807) is 6.20 Å². The second-order valence-corrected chi connectivity index (χ2v) is 6.49. The standard InChI is InChI=1S/C15H21N3O2S/c1-4-15(3,6-8-19)18-13(20)12-11(16)10-9(2)5-7-17-14(10)21-12/h5,7,19H,4,6,8,16H2,1-3H3,(H,18,20). The Hall–Kier alpha value is -1.66. The van der Waals surface area contributed by atoms with Gasteiger partial charge in [0.15, 0.2) is 0 Å². The minimum atomic E-state index is -0.434. The summed E-state index contributed by atoms with van der Waals surface area (Å²) in [6, 6.07) is 1.88. The number of anilines is 1. The predicted molar refractivity (Wildman–Crippen MR) is 86.6 cm³/mol. The van der Waals surface area contributed by atoms with Gasteiger partial charge in [-0.3, -0.25) is 4.79 Å². The molecule has 0 aliphatic heterocycles. The van der Waals surface area contributed by atoms with E-state index in [0.717, 1.165) is 22.2 Å². The largest absolute Gasteiger partial charge is 0.397 e. The molecule has 2 heterocycles. The van der Waals surface area contributed by atoms with Crippen LogP contribution < -0.4 is 11.1 Å². The molecule has 1 amide bonds.